The molecule has 84 valence electrons. The van der Waals surface area contributed by atoms with E-state index >= 15 is 0 Å². The molecule has 1 aromatic rings. The summed E-state index contributed by atoms with van der Waals surface area (Å²) in [5.74, 6) is 2.40. The molecule has 1 aromatic heterocycles. The molecule has 15 heavy (non-hydrogen) atoms. The molecule has 1 N–H and O–H groups in total. The first-order chi connectivity index (χ1) is 7.20. The standard InChI is InChI=1S/C7H11N3O2S3/c11-7(10(13)14)12-3-4-15-5-6-8-1-2-9-6/h1-2,13-14H,3-5H2,(H,8,9). The molecule has 0 fully saturated rings. The van der Waals surface area contributed by atoms with Gasteiger partial charge in [0.15, 0.2) is 0 Å². The van der Waals surface area contributed by atoms with Crippen LogP contribution in [0.1, 0.15) is 5.82 Å². The number of rotatable bonds is 5. The normalized spacial score (nSPS) is 10.0. The van der Waals surface area contributed by atoms with Crippen LogP contribution in [0.2, 0.25) is 0 Å². The van der Waals surface area contributed by atoms with Crippen molar-refractivity contribution in [2.75, 3.05) is 12.4 Å². The second-order valence-electron chi connectivity index (χ2n) is 2.49. The Morgan fingerprint density at radius 3 is 3.07 bits per heavy atom. The third kappa shape index (κ3) is 5.24. The molecule has 0 spiro atoms. The maximum absolute atomic E-state index is 10.9. The Morgan fingerprint density at radius 2 is 2.47 bits per heavy atom. The highest BCUT2D eigenvalue weighted by molar-refractivity contribution is 7.98. The van der Waals surface area contributed by atoms with Crippen molar-refractivity contribution in [1.29, 1.82) is 0 Å². The topological polar surface area (TPSA) is 58.2 Å². The highest BCUT2D eigenvalue weighted by Gasteiger charge is 2.05. The summed E-state index contributed by atoms with van der Waals surface area (Å²) < 4.78 is 5.61. The first-order valence-corrected chi connectivity index (χ1v) is 6.06. The van der Waals surface area contributed by atoms with Gasteiger partial charge in [-0.2, -0.15) is 15.5 Å². The largest absolute Gasteiger partial charge is 0.447 e. The smallest absolute Gasteiger partial charge is 0.429 e. The zero-order valence-electron chi connectivity index (χ0n) is 7.79. The van der Waals surface area contributed by atoms with E-state index in [0.29, 0.717) is 12.4 Å². The predicted molar refractivity (Wildman–Crippen MR) is 65.9 cm³/mol. The number of carbonyl (C=O) groups excluding carboxylic acids is 1. The lowest BCUT2D eigenvalue weighted by atomic mass is 10.7. The van der Waals surface area contributed by atoms with Gasteiger partial charge >= 0.3 is 6.09 Å². The summed E-state index contributed by atoms with van der Waals surface area (Å²) in [4.78, 5) is 17.9. The van der Waals surface area contributed by atoms with Crippen LogP contribution in [0.15, 0.2) is 12.4 Å². The molecule has 1 rings (SSSR count). The Bertz CT molecular complexity index is 292. The third-order valence-corrected chi connectivity index (χ3v) is 2.67. The maximum atomic E-state index is 10.9. The number of nitrogens with zero attached hydrogens (tertiary/aromatic N) is 2. The molecule has 1 heterocycles. The van der Waals surface area contributed by atoms with Gasteiger partial charge in [-0.15, -0.1) is 0 Å². The second-order valence-corrected chi connectivity index (χ2v) is 4.71. The molecule has 8 heteroatoms. The van der Waals surface area contributed by atoms with E-state index in [9.17, 15) is 4.79 Å². The molecule has 5 nitrogen and oxygen atoms in total. The molecule has 0 aliphatic carbocycles. The van der Waals surface area contributed by atoms with Crippen molar-refractivity contribution >= 4 is 43.5 Å². The van der Waals surface area contributed by atoms with E-state index in [1.54, 1.807) is 24.2 Å². The van der Waals surface area contributed by atoms with Gasteiger partial charge in [0.2, 0.25) is 0 Å². The first kappa shape index (κ1) is 12.6. The summed E-state index contributed by atoms with van der Waals surface area (Å²) in [7, 11) is 0. The van der Waals surface area contributed by atoms with Gasteiger partial charge in [-0.25, -0.2) is 9.78 Å². The minimum Gasteiger partial charge on any atom is -0.447 e. The number of hydrogen-bond acceptors (Lipinski definition) is 6. The molecule has 0 saturated carbocycles. The lowest BCUT2D eigenvalue weighted by Crippen LogP contribution is -2.15. The van der Waals surface area contributed by atoms with Crippen molar-refractivity contribution in [2.24, 2.45) is 0 Å². The summed E-state index contributed by atoms with van der Waals surface area (Å²) in [5.41, 5.74) is 0. The summed E-state index contributed by atoms with van der Waals surface area (Å²) in [6.07, 6.45) is 2.91. The number of nitrogens with one attached hydrogen (secondary N) is 1. The van der Waals surface area contributed by atoms with Crippen LogP contribution >= 0.6 is 37.4 Å². The summed E-state index contributed by atoms with van der Waals surface area (Å²) in [6, 6.07) is 0. The minimum atomic E-state index is -0.569. The van der Waals surface area contributed by atoms with Crippen LogP contribution in [0.5, 0.6) is 0 Å². The molecule has 0 saturated heterocycles. The van der Waals surface area contributed by atoms with Crippen LogP contribution in [0, 0.1) is 0 Å². The van der Waals surface area contributed by atoms with Gasteiger partial charge < -0.3 is 9.72 Å². The van der Waals surface area contributed by atoms with Gasteiger partial charge in [-0.05, 0) is 25.6 Å². The number of imidazole rings is 1. The maximum Gasteiger partial charge on any atom is 0.429 e. The van der Waals surface area contributed by atoms with Crippen LogP contribution in [-0.2, 0) is 10.5 Å². The summed E-state index contributed by atoms with van der Waals surface area (Å²) >= 11 is 8.96. The van der Waals surface area contributed by atoms with Gasteiger partial charge in [-0.1, -0.05) is 0 Å². The van der Waals surface area contributed by atoms with Crippen molar-refractivity contribution in [3.63, 3.8) is 0 Å². The third-order valence-electron chi connectivity index (χ3n) is 1.41. The van der Waals surface area contributed by atoms with E-state index in [1.165, 1.54) is 0 Å². The van der Waals surface area contributed by atoms with Crippen molar-refractivity contribution in [3.05, 3.63) is 18.2 Å². The number of aromatic nitrogens is 2. The van der Waals surface area contributed by atoms with Crippen molar-refractivity contribution < 1.29 is 9.53 Å². The number of H-pyrrole nitrogens is 1. The predicted octanol–water partition coefficient (Wildman–Crippen LogP) is 1.77. The van der Waals surface area contributed by atoms with E-state index < -0.39 is 6.09 Å². The van der Waals surface area contributed by atoms with Crippen molar-refractivity contribution in [2.45, 2.75) is 5.75 Å². The van der Waals surface area contributed by atoms with Gasteiger partial charge in [0.1, 0.15) is 12.4 Å². The highest BCUT2D eigenvalue weighted by Crippen LogP contribution is 2.08. The lowest BCUT2D eigenvalue weighted by molar-refractivity contribution is 0.150. The number of ether oxygens (including phenoxy) is 1. The zero-order valence-corrected chi connectivity index (χ0v) is 10.4. The van der Waals surface area contributed by atoms with Crippen LogP contribution < -0.4 is 0 Å². The average Bonchev–Trinajstić information content (AvgIpc) is 2.69. The Morgan fingerprint density at radius 1 is 1.67 bits per heavy atom. The number of thioether (sulfide) groups is 1. The SMILES string of the molecule is O=C(OCCSCc1ncc[nH]1)N(S)S. The van der Waals surface area contributed by atoms with E-state index in [0.717, 1.165) is 15.3 Å². The quantitative estimate of drug-likeness (QED) is 0.561. The Balaban J connectivity index is 2.00. The number of aromatic amines is 1. The van der Waals surface area contributed by atoms with Gasteiger partial charge in [0.25, 0.3) is 0 Å². The molecule has 0 aliphatic heterocycles. The Kier molecular flexibility index (Phi) is 5.81. The monoisotopic (exact) mass is 265 g/mol. The summed E-state index contributed by atoms with van der Waals surface area (Å²) in [6.45, 7) is 0.335. The fraction of sp³-hybridized carbons (Fsp3) is 0.429. The van der Waals surface area contributed by atoms with Crippen LogP contribution in [0.3, 0.4) is 0 Å². The fourth-order valence-electron chi connectivity index (χ4n) is 0.791. The fourth-order valence-corrected chi connectivity index (χ4v) is 1.60. The number of hydrogen-bond donors (Lipinski definition) is 3. The van der Waals surface area contributed by atoms with Gasteiger partial charge in [-0.3, -0.25) is 0 Å². The highest BCUT2D eigenvalue weighted by atomic mass is 32.2. The van der Waals surface area contributed by atoms with Crippen molar-refractivity contribution in [1.82, 2.24) is 13.7 Å². The first-order valence-electron chi connectivity index (χ1n) is 4.11. The molecule has 0 bridgehead atoms. The lowest BCUT2D eigenvalue weighted by Gasteiger charge is -2.07. The van der Waals surface area contributed by atoms with Gasteiger partial charge in [0.05, 0.1) is 5.75 Å². The number of carbonyl (C=O) groups is 1. The molecule has 0 aliphatic rings. The minimum absolute atomic E-state index is 0.335. The Labute approximate surface area is 103 Å². The Hall–Kier alpha value is -0.470. The number of amides is 1. The van der Waals surface area contributed by atoms with E-state index in [2.05, 4.69) is 35.6 Å². The molecule has 0 atom stereocenters. The van der Waals surface area contributed by atoms with Crippen LogP contribution in [0.25, 0.3) is 0 Å². The average molecular weight is 265 g/mol. The van der Waals surface area contributed by atoms with E-state index in [4.69, 9.17) is 4.74 Å². The molecule has 0 aromatic carbocycles. The van der Waals surface area contributed by atoms with E-state index in [-0.39, 0.29) is 0 Å². The summed E-state index contributed by atoms with van der Waals surface area (Å²) in [5, 5.41) is 0. The van der Waals surface area contributed by atoms with Crippen LogP contribution in [-0.4, -0.2) is 32.1 Å². The number of thiol groups is 2. The van der Waals surface area contributed by atoms with Crippen molar-refractivity contribution in [3.8, 4) is 0 Å². The molecule has 0 radical (unpaired) electrons. The molecular formula is C7H11N3O2S3. The second kappa shape index (κ2) is 6.91. The molecule has 1 amide bonds. The molecular weight excluding hydrogens is 254 g/mol. The zero-order chi connectivity index (χ0) is 11.1. The van der Waals surface area contributed by atoms with E-state index in [1.807, 2.05) is 0 Å². The molecule has 0 unspecified atom stereocenters. The van der Waals surface area contributed by atoms with Crippen LogP contribution in [0.4, 0.5) is 4.79 Å². The van der Waals surface area contributed by atoms with Gasteiger partial charge in [0, 0.05) is 18.1 Å².